The first-order valence-electron chi connectivity index (χ1n) is 4.28. The lowest BCUT2D eigenvalue weighted by Gasteiger charge is -2.39. The molecule has 0 aromatic carbocycles. The van der Waals surface area contributed by atoms with Crippen molar-refractivity contribution in [3.63, 3.8) is 0 Å². The molecule has 0 amide bonds. The highest BCUT2D eigenvalue weighted by atomic mass is 32.1. The van der Waals surface area contributed by atoms with Crippen LogP contribution in [0.4, 0.5) is 0 Å². The Morgan fingerprint density at radius 3 is 2.00 bits per heavy atom. The van der Waals surface area contributed by atoms with E-state index in [0.717, 1.165) is 0 Å². The van der Waals surface area contributed by atoms with Crippen molar-refractivity contribution < 1.29 is 0 Å². The van der Waals surface area contributed by atoms with Gasteiger partial charge in [-0.25, -0.2) is 0 Å². The molecule has 3 heteroatoms. The Bertz CT molecular complexity index is 98.3. The van der Waals surface area contributed by atoms with Crippen molar-refractivity contribution in [2.45, 2.75) is 38.1 Å². The first-order chi connectivity index (χ1) is 5.38. The van der Waals surface area contributed by atoms with Crippen molar-refractivity contribution in [2.75, 3.05) is 11.8 Å². The Kier molecular flexibility index (Phi) is 4.72. The smallest absolute Gasteiger partial charge is 0.00532 e. The number of rotatable bonds is 3. The summed E-state index contributed by atoms with van der Waals surface area (Å²) >= 11 is 10.0. The molecule has 1 aliphatic carbocycles. The number of hydrogen-bond donors (Lipinski definition) is 0. The van der Waals surface area contributed by atoms with E-state index < -0.39 is 0 Å². The largest absolute Gasteiger partial charge is 0.777 e. The van der Waals surface area contributed by atoms with E-state index in [2.05, 4.69) is 4.90 Å². The second-order valence-corrected chi connectivity index (χ2v) is 3.66. The first-order valence-corrected chi connectivity index (χ1v) is 5.44. The van der Waals surface area contributed by atoms with Gasteiger partial charge in [-0.15, -0.1) is 11.8 Å². The van der Waals surface area contributed by atoms with Crippen LogP contribution in [0.15, 0.2) is 0 Å². The lowest BCUT2D eigenvalue weighted by Crippen LogP contribution is -2.36. The lowest BCUT2D eigenvalue weighted by atomic mass is 9.95. The molecule has 0 aliphatic heterocycles. The monoisotopic (exact) mass is 189 g/mol. The van der Waals surface area contributed by atoms with Gasteiger partial charge in [-0.3, -0.25) is 0 Å². The molecule has 0 saturated heterocycles. The summed E-state index contributed by atoms with van der Waals surface area (Å²) in [6.45, 7) is 0. The first kappa shape index (κ1) is 9.75. The predicted molar refractivity (Wildman–Crippen MR) is 53.2 cm³/mol. The summed E-state index contributed by atoms with van der Waals surface area (Å²) in [5.74, 6) is 1.43. The van der Waals surface area contributed by atoms with Gasteiger partial charge in [-0.05, 0) is 12.8 Å². The lowest BCUT2D eigenvalue weighted by molar-refractivity contribution is 0.213. The molecule has 0 unspecified atom stereocenters. The van der Waals surface area contributed by atoms with Gasteiger partial charge in [0.2, 0.25) is 0 Å². The third kappa shape index (κ3) is 2.88. The van der Waals surface area contributed by atoms with Gasteiger partial charge in [0, 0.05) is 6.04 Å². The summed E-state index contributed by atoms with van der Waals surface area (Å²) in [7, 11) is 0. The van der Waals surface area contributed by atoms with Crippen molar-refractivity contribution in [3.8, 4) is 0 Å². The highest BCUT2D eigenvalue weighted by Gasteiger charge is 2.14. The number of nitrogens with zero attached hydrogens (tertiary/aromatic N) is 1. The van der Waals surface area contributed by atoms with Crippen LogP contribution >= 0.6 is 0 Å². The van der Waals surface area contributed by atoms with Gasteiger partial charge >= 0.3 is 0 Å². The fraction of sp³-hybridized carbons (Fsp3) is 1.00. The van der Waals surface area contributed by atoms with Gasteiger partial charge in [-0.1, -0.05) is 19.3 Å². The molecule has 0 bridgehead atoms. The summed E-state index contributed by atoms with van der Waals surface area (Å²) in [6, 6.07) is 0.707. The van der Waals surface area contributed by atoms with Crippen molar-refractivity contribution in [1.82, 2.24) is 4.90 Å². The zero-order valence-corrected chi connectivity index (χ0v) is 8.42. The van der Waals surface area contributed by atoms with Gasteiger partial charge in [0.05, 0.1) is 0 Å². The fourth-order valence-electron chi connectivity index (χ4n) is 1.69. The summed E-state index contributed by atoms with van der Waals surface area (Å²) in [5, 5.41) is 0. The van der Waals surface area contributed by atoms with E-state index in [1.807, 2.05) is 0 Å². The van der Waals surface area contributed by atoms with Gasteiger partial charge in [0.15, 0.2) is 0 Å². The molecule has 11 heavy (non-hydrogen) atoms. The maximum Gasteiger partial charge on any atom is 0.00532 e. The minimum atomic E-state index is 0.707. The SMILES string of the molecule is [S-]CN(C[S-])C1CCCCC1. The van der Waals surface area contributed by atoms with Gasteiger partial charge in [0.1, 0.15) is 0 Å². The van der Waals surface area contributed by atoms with Crippen LogP contribution < -0.4 is 0 Å². The van der Waals surface area contributed by atoms with Crippen LogP contribution in [-0.4, -0.2) is 22.7 Å². The van der Waals surface area contributed by atoms with Crippen LogP contribution in [0.25, 0.3) is 0 Å². The highest BCUT2D eigenvalue weighted by Crippen LogP contribution is 2.21. The topological polar surface area (TPSA) is 3.24 Å². The van der Waals surface area contributed by atoms with E-state index in [1.54, 1.807) is 0 Å². The van der Waals surface area contributed by atoms with E-state index in [4.69, 9.17) is 25.3 Å². The zero-order valence-electron chi connectivity index (χ0n) is 6.79. The second-order valence-electron chi connectivity index (χ2n) is 3.14. The van der Waals surface area contributed by atoms with E-state index in [9.17, 15) is 0 Å². The maximum atomic E-state index is 5.01. The summed E-state index contributed by atoms with van der Waals surface area (Å²) in [4.78, 5) is 2.24. The van der Waals surface area contributed by atoms with Crippen molar-refractivity contribution in [1.29, 1.82) is 0 Å². The van der Waals surface area contributed by atoms with E-state index in [-0.39, 0.29) is 0 Å². The predicted octanol–water partition coefficient (Wildman–Crippen LogP) is 1.63. The Morgan fingerprint density at radius 2 is 1.55 bits per heavy atom. The van der Waals surface area contributed by atoms with Crippen LogP contribution in [0.1, 0.15) is 32.1 Å². The van der Waals surface area contributed by atoms with Crippen LogP contribution in [0, 0.1) is 0 Å². The van der Waals surface area contributed by atoms with Crippen molar-refractivity contribution >= 4 is 25.3 Å². The van der Waals surface area contributed by atoms with Gasteiger partial charge in [0.25, 0.3) is 0 Å². The molecule has 0 radical (unpaired) electrons. The molecule has 0 N–H and O–H groups in total. The number of hydrogen-bond acceptors (Lipinski definition) is 3. The van der Waals surface area contributed by atoms with Crippen LogP contribution in [-0.2, 0) is 25.3 Å². The maximum absolute atomic E-state index is 5.01. The summed E-state index contributed by atoms with van der Waals surface area (Å²) in [6.07, 6.45) is 6.76. The average Bonchev–Trinajstić information content (AvgIpc) is 2.09. The molecular weight excluding hydrogens is 174 g/mol. The standard InChI is InChI=1S/C8H17NS2/c10-6-9(7-11)8-4-2-1-3-5-8/h8,10-11H,1-7H2/p-2. The van der Waals surface area contributed by atoms with Crippen molar-refractivity contribution in [2.24, 2.45) is 0 Å². The van der Waals surface area contributed by atoms with Crippen LogP contribution in [0.2, 0.25) is 0 Å². The molecule has 1 saturated carbocycles. The molecule has 66 valence electrons. The fourth-order valence-corrected chi connectivity index (χ4v) is 2.41. The Hall–Kier alpha value is 0.660. The molecule has 0 heterocycles. The molecule has 1 rings (SSSR count). The van der Waals surface area contributed by atoms with Gasteiger partial charge in [-0.2, -0.15) is 0 Å². The van der Waals surface area contributed by atoms with E-state index in [0.29, 0.717) is 17.8 Å². The van der Waals surface area contributed by atoms with Crippen molar-refractivity contribution in [3.05, 3.63) is 0 Å². The van der Waals surface area contributed by atoms with Gasteiger partial charge < -0.3 is 30.2 Å². The average molecular weight is 189 g/mol. The third-order valence-electron chi connectivity index (χ3n) is 2.42. The van der Waals surface area contributed by atoms with Crippen LogP contribution in [0.5, 0.6) is 0 Å². The molecule has 0 spiro atoms. The normalized spacial score (nSPS) is 21.0. The Labute approximate surface area is 80.4 Å². The summed E-state index contributed by atoms with van der Waals surface area (Å²) in [5.41, 5.74) is 0. The zero-order chi connectivity index (χ0) is 8.10. The van der Waals surface area contributed by atoms with E-state index in [1.165, 1.54) is 32.1 Å². The molecule has 1 nitrogen and oxygen atoms in total. The van der Waals surface area contributed by atoms with E-state index >= 15 is 0 Å². The molecule has 1 aliphatic rings. The highest BCUT2D eigenvalue weighted by molar-refractivity contribution is 7.59. The molecule has 0 aromatic heterocycles. The summed E-state index contributed by atoms with van der Waals surface area (Å²) < 4.78 is 0. The Morgan fingerprint density at radius 1 is 1.00 bits per heavy atom. The molecule has 0 aromatic rings. The molecule has 1 fully saturated rings. The quantitative estimate of drug-likeness (QED) is 0.621. The molecular formula is C8H15NS2-2. The third-order valence-corrected chi connectivity index (χ3v) is 3.09. The Balaban J connectivity index is 2.30. The minimum absolute atomic E-state index is 0.707. The van der Waals surface area contributed by atoms with Crippen LogP contribution in [0.3, 0.4) is 0 Å². The molecule has 0 atom stereocenters. The minimum Gasteiger partial charge on any atom is -0.777 e. The second kappa shape index (κ2) is 5.33.